The Morgan fingerprint density at radius 1 is 1.00 bits per heavy atom. The van der Waals surface area contributed by atoms with Crippen molar-refractivity contribution in [2.45, 2.75) is 57.7 Å². The summed E-state index contributed by atoms with van der Waals surface area (Å²) in [6, 6.07) is 15.3. The molecule has 0 spiro atoms. The lowest BCUT2D eigenvalue weighted by atomic mass is 9.81. The maximum absolute atomic E-state index is 11.5. The molecule has 1 saturated carbocycles. The van der Waals surface area contributed by atoms with Gasteiger partial charge in [-0.3, -0.25) is 14.3 Å². The van der Waals surface area contributed by atoms with E-state index < -0.39 is 5.97 Å². The number of hydrogen-bond donors (Lipinski definition) is 3. The zero-order valence-electron chi connectivity index (χ0n) is 22.8. The van der Waals surface area contributed by atoms with Gasteiger partial charge in [-0.15, -0.1) is 0 Å². The molecule has 0 aliphatic heterocycles. The molecule has 0 amide bonds. The van der Waals surface area contributed by atoms with Gasteiger partial charge in [-0.2, -0.15) is 0 Å². The molecule has 9 heteroatoms. The number of nitrogens with zero attached hydrogens (tertiary/aromatic N) is 2. The summed E-state index contributed by atoms with van der Waals surface area (Å²) in [6.07, 6.45) is 5.35. The van der Waals surface area contributed by atoms with E-state index in [-0.39, 0.29) is 30.3 Å². The first kappa shape index (κ1) is 28.2. The lowest BCUT2D eigenvalue weighted by Gasteiger charge is -2.35. The van der Waals surface area contributed by atoms with Crippen LogP contribution in [0, 0.1) is 11.8 Å². The number of benzene rings is 2. The number of aromatic nitrogens is 1. The van der Waals surface area contributed by atoms with E-state index in [1.165, 1.54) is 27.8 Å². The Hall–Kier alpha value is -3.36. The van der Waals surface area contributed by atoms with E-state index in [1.54, 1.807) is 7.11 Å². The van der Waals surface area contributed by atoms with Crippen LogP contribution in [0.4, 0.5) is 0 Å². The Morgan fingerprint density at radius 3 is 2.45 bits per heavy atom. The summed E-state index contributed by atoms with van der Waals surface area (Å²) in [4.78, 5) is 14.0. The maximum Gasteiger partial charge on any atom is 0.306 e. The molecule has 3 aromatic rings. The second-order valence-corrected chi connectivity index (χ2v) is 11.4. The number of fused-ring (bicyclic) bond motifs is 1. The van der Waals surface area contributed by atoms with E-state index in [0.717, 1.165) is 62.2 Å². The van der Waals surface area contributed by atoms with Crippen LogP contribution in [0.5, 0.6) is 23.3 Å². The number of halogens is 1. The summed E-state index contributed by atoms with van der Waals surface area (Å²) in [5.41, 5.74) is 3.73. The number of aliphatic carboxylic acids is 1. The van der Waals surface area contributed by atoms with E-state index >= 15 is 0 Å². The number of carbonyl (C=O) groups is 1. The molecule has 0 bridgehead atoms. The quantitative estimate of drug-likeness (QED) is 0.260. The monoisotopic (exact) mass is 568 g/mol. The Labute approximate surface area is 239 Å². The van der Waals surface area contributed by atoms with Gasteiger partial charge in [-0.25, -0.2) is 0 Å². The second kappa shape index (κ2) is 12.4. The standard InChI is InChI=1S/C31H37ClN2O6/c1-39-28-16-21(4-11-27(28)40-15-14-34-29(35)12-13-30(34)36)19-33(18-20-2-5-22(6-3-20)31(37)38)26-10-7-23-17-24(32)8-9-25(23)26/h4,8-9,11-13,16-17,20,22,26,35-36H,2-3,5-7,10,14-15,18-19H2,1H3,(H,37,38)/t20?,22?,26-/m0/s1. The van der Waals surface area contributed by atoms with Gasteiger partial charge in [0.05, 0.1) is 19.6 Å². The average molecular weight is 569 g/mol. The van der Waals surface area contributed by atoms with Gasteiger partial charge in [-0.1, -0.05) is 23.7 Å². The Morgan fingerprint density at radius 2 is 1.75 bits per heavy atom. The van der Waals surface area contributed by atoms with E-state index in [9.17, 15) is 20.1 Å². The van der Waals surface area contributed by atoms with Crippen molar-refractivity contribution in [2.75, 3.05) is 20.3 Å². The molecule has 2 aromatic carbocycles. The number of carboxylic acid groups (broad SMARTS) is 1. The first-order valence-corrected chi connectivity index (χ1v) is 14.3. The van der Waals surface area contributed by atoms with Crippen molar-refractivity contribution in [3.63, 3.8) is 0 Å². The van der Waals surface area contributed by atoms with Crippen LogP contribution in [0.25, 0.3) is 0 Å². The van der Waals surface area contributed by atoms with Crippen LogP contribution in [-0.4, -0.2) is 51.0 Å². The minimum absolute atomic E-state index is 0.0179. The van der Waals surface area contributed by atoms with Crippen molar-refractivity contribution >= 4 is 17.6 Å². The topological polar surface area (TPSA) is 104 Å². The highest BCUT2D eigenvalue weighted by atomic mass is 35.5. The highest BCUT2D eigenvalue weighted by Gasteiger charge is 2.32. The molecular formula is C31H37ClN2O6. The van der Waals surface area contributed by atoms with E-state index in [0.29, 0.717) is 24.0 Å². The third kappa shape index (κ3) is 6.34. The minimum Gasteiger partial charge on any atom is -0.494 e. The molecule has 8 nitrogen and oxygen atoms in total. The maximum atomic E-state index is 11.5. The highest BCUT2D eigenvalue weighted by molar-refractivity contribution is 6.30. The summed E-state index contributed by atoms with van der Waals surface area (Å²) in [5.74, 6) is 0.745. The lowest BCUT2D eigenvalue weighted by Crippen LogP contribution is -2.34. The Bertz CT molecular complexity index is 1310. The highest BCUT2D eigenvalue weighted by Crippen LogP contribution is 2.40. The van der Waals surface area contributed by atoms with Crippen molar-refractivity contribution in [3.8, 4) is 23.3 Å². The summed E-state index contributed by atoms with van der Waals surface area (Å²) in [5, 5.41) is 29.9. The number of hydrogen-bond acceptors (Lipinski definition) is 6. The molecule has 214 valence electrons. The molecule has 3 N–H and O–H groups in total. The largest absolute Gasteiger partial charge is 0.494 e. The molecule has 5 rings (SSSR count). The van der Waals surface area contributed by atoms with Crippen LogP contribution >= 0.6 is 11.6 Å². The van der Waals surface area contributed by atoms with Gasteiger partial charge in [0.15, 0.2) is 23.3 Å². The molecule has 40 heavy (non-hydrogen) atoms. The summed E-state index contributed by atoms with van der Waals surface area (Å²) in [7, 11) is 1.62. The van der Waals surface area contributed by atoms with Gasteiger partial charge in [-0.05, 0) is 85.4 Å². The molecule has 1 aromatic heterocycles. The van der Waals surface area contributed by atoms with E-state index in [2.05, 4.69) is 23.1 Å². The zero-order valence-corrected chi connectivity index (χ0v) is 23.5. The van der Waals surface area contributed by atoms with Crippen molar-refractivity contribution in [2.24, 2.45) is 11.8 Å². The molecule has 2 aliphatic carbocycles. The predicted octanol–water partition coefficient (Wildman–Crippen LogP) is 6.02. The van der Waals surface area contributed by atoms with Crippen molar-refractivity contribution < 1.29 is 29.6 Å². The van der Waals surface area contributed by atoms with Gasteiger partial charge >= 0.3 is 5.97 Å². The fourth-order valence-corrected chi connectivity index (χ4v) is 6.45. The smallest absolute Gasteiger partial charge is 0.306 e. The van der Waals surface area contributed by atoms with Gasteiger partial charge in [0, 0.05) is 36.3 Å². The fraction of sp³-hybridized carbons (Fsp3) is 0.452. The molecular weight excluding hydrogens is 532 g/mol. The van der Waals surface area contributed by atoms with Crippen LogP contribution in [0.3, 0.4) is 0 Å². The second-order valence-electron chi connectivity index (χ2n) is 10.9. The average Bonchev–Trinajstić information content (AvgIpc) is 3.51. The van der Waals surface area contributed by atoms with Crippen LogP contribution in [-0.2, 0) is 24.3 Å². The molecule has 2 aliphatic rings. The van der Waals surface area contributed by atoms with Crippen LogP contribution in [0.15, 0.2) is 48.5 Å². The summed E-state index contributed by atoms with van der Waals surface area (Å²) < 4.78 is 13.0. The number of aromatic hydroxyl groups is 2. The number of carboxylic acids is 1. The number of rotatable bonds is 11. The SMILES string of the molecule is COc1cc(CN(CC2CCC(C(=O)O)CC2)[C@H]2CCc3cc(Cl)ccc32)ccc1OCCn1c(O)ccc1O. The third-order valence-corrected chi connectivity index (χ3v) is 8.64. The normalized spacial score (nSPS) is 20.4. The number of ether oxygens (including phenoxy) is 2. The lowest BCUT2D eigenvalue weighted by molar-refractivity contribution is -0.143. The Balaban J connectivity index is 1.31. The third-order valence-electron chi connectivity index (χ3n) is 8.40. The van der Waals surface area contributed by atoms with Gasteiger partial charge in [0.25, 0.3) is 0 Å². The molecule has 1 heterocycles. The molecule has 0 radical (unpaired) electrons. The molecule has 1 fully saturated rings. The van der Waals surface area contributed by atoms with Gasteiger partial charge in [0.2, 0.25) is 0 Å². The van der Waals surface area contributed by atoms with E-state index in [1.807, 2.05) is 18.2 Å². The zero-order chi connectivity index (χ0) is 28.2. The Kier molecular flexibility index (Phi) is 8.76. The predicted molar refractivity (Wildman–Crippen MR) is 152 cm³/mol. The van der Waals surface area contributed by atoms with Crippen molar-refractivity contribution in [1.82, 2.24) is 9.47 Å². The first-order valence-electron chi connectivity index (χ1n) is 13.9. The number of aryl methyl sites for hydroxylation is 1. The summed E-state index contributed by atoms with van der Waals surface area (Å²) >= 11 is 6.29. The van der Waals surface area contributed by atoms with Crippen molar-refractivity contribution in [1.29, 1.82) is 0 Å². The number of methoxy groups -OCH3 is 1. The van der Waals surface area contributed by atoms with Gasteiger partial charge < -0.3 is 24.8 Å². The van der Waals surface area contributed by atoms with Gasteiger partial charge in [0.1, 0.15) is 6.61 Å². The first-order chi connectivity index (χ1) is 19.3. The van der Waals surface area contributed by atoms with E-state index in [4.69, 9.17) is 21.1 Å². The molecule has 0 unspecified atom stereocenters. The van der Waals surface area contributed by atoms with Crippen LogP contribution in [0.2, 0.25) is 5.02 Å². The van der Waals surface area contributed by atoms with Crippen LogP contribution in [0.1, 0.15) is 54.8 Å². The van der Waals surface area contributed by atoms with Crippen molar-refractivity contribution in [3.05, 3.63) is 70.2 Å². The molecule has 0 saturated heterocycles. The molecule has 1 atom stereocenters. The fourth-order valence-electron chi connectivity index (χ4n) is 6.25. The van der Waals surface area contributed by atoms with Crippen LogP contribution < -0.4 is 9.47 Å². The minimum atomic E-state index is -0.673. The summed E-state index contributed by atoms with van der Waals surface area (Å²) in [6.45, 7) is 2.17.